The Morgan fingerprint density at radius 2 is 1.79 bits per heavy atom. The van der Waals surface area contributed by atoms with Gasteiger partial charge in [-0.15, -0.1) is 0 Å². The van der Waals surface area contributed by atoms with E-state index in [9.17, 15) is 18.0 Å². The van der Waals surface area contributed by atoms with Crippen LogP contribution in [0.2, 0.25) is 0 Å². The molecule has 172 valence electrons. The monoisotopic (exact) mass is 463 g/mol. The Bertz CT molecular complexity index is 1440. The van der Waals surface area contributed by atoms with Gasteiger partial charge in [-0.2, -0.15) is 5.10 Å². The average Bonchev–Trinajstić information content (AvgIpc) is 3.16. The van der Waals surface area contributed by atoms with Crippen LogP contribution in [0.4, 0.5) is 13.2 Å². The van der Waals surface area contributed by atoms with Crippen molar-refractivity contribution >= 4 is 16.9 Å². The molecule has 2 atom stereocenters. The van der Waals surface area contributed by atoms with E-state index in [-0.39, 0.29) is 29.2 Å². The van der Waals surface area contributed by atoms with Gasteiger partial charge >= 0.3 is 0 Å². The highest BCUT2D eigenvalue weighted by molar-refractivity contribution is 5.94. The summed E-state index contributed by atoms with van der Waals surface area (Å²) in [6.45, 7) is 0. The highest BCUT2D eigenvalue weighted by Gasteiger charge is 2.44. The zero-order valence-corrected chi connectivity index (χ0v) is 18.3. The molecule has 4 aromatic rings. The summed E-state index contributed by atoms with van der Waals surface area (Å²) in [7, 11) is 1.69. The first-order chi connectivity index (χ1) is 16.4. The van der Waals surface area contributed by atoms with Crippen LogP contribution in [0.1, 0.15) is 47.1 Å². The van der Waals surface area contributed by atoms with Crippen molar-refractivity contribution in [3.8, 4) is 11.3 Å². The van der Waals surface area contributed by atoms with Gasteiger partial charge in [0.05, 0.1) is 34.7 Å². The number of amides is 1. The molecule has 9 heteroatoms. The first kappa shape index (κ1) is 20.8. The molecular formula is C25H20F3N5O. The van der Waals surface area contributed by atoms with Gasteiger partial charge in [0.15, 0.2) is 17.5 Å². The number of piperidine rings is 1. The molecule has 2 aromatic carbocycles. The Morgan fingerprint density at radius 1 is 1.06 bits per heavy atom. The lowest BCUT2D eigenvalue weighted by molar-refractivity contribution is 0.0386. The van der Waals surface area contributed by atoms with Crippen molar-refractivity contribution in [2.24, 2.45) is 7.05 Å². The number of hydrogen-bond acceptors (Lipinski definition) is 4. The Morgan fingerprint density at radius 3 is 2.56 bits per heavy atom. The molecule has 1 fully saturated rings. The molecule has 2 aliphatic rings. The summed E-state index contributed by atoms with van der Waals surface area (Å²) in [4.78, 5) is 24.4. The Hall–Kier alpha value is -3.75. The van der Waals surface area contributed by atoms with Crippen LogP contribution < -0.4 is 0 Å². The largest absolute Gasteiger partial charge is 0.325 e. The number of nitrogens with zero attached hydrogens (tertiary/aromatic N) is 5. The predicted octanol–water partition coefficient (Wildman–Crippen LogP) is 4.74. The molecule has 4 heterocycles. The minimum atomic E-state index is -1.50. The third-order valence-corrected chi connectivity index (χ3v) is 6.84. The number of aryl methyl sites for hydroxylation is 1. The van der Waals surface area contributed by atoms with Gasteiger partial charge < -0.3 is 4.90 Å². The fourth-order valence-corrected chi connectivity index (χ4v) is 5.39. The zero-order valence-electron chi connectivity index (χ0n) is 18.3. The first-order valence-electron chi connectivity index (χ1n) is 11.2. The smallest absolute Gasteiger partial charge is 0.274 e. The number of hydrogen-bond donors (Lipinski definition) is 0. The van der Waals surface area contributed by atoms with E-state index >= 15 is 0 Å². The van der Waals surface area contributed by atoms with E-state index in [1.807, 2.05) is 29.2 Å². The molecule has 0 saturated carbocycles. The molecule has 1 saturated heterocycles. The number of carbonyl (C=O) groups is 1. The standard InChI is InChI=1S/C25H20F3N5O/c1-32-24(13-9-16(26)22(28)17(27)10-13)15-11-14-5-4-8-21(23(15)31-32)33(14)25(34)20-12-29-18-6-2-3-7-19(18)30-20/h2-3,6-7,9-10,12,14,21H,4-5,8,11H2,1H3/t14-,21+/m0/s1. The maximum absolute atomic E-state index is 14.0. The van der Waals surface area contributed by atoms with Gasteiger partial charge in [-0.3, -0.25) is 14.5 Å². The van der Waals surface area contributed by atoms with E-state index in [0.717, 1.165) is 37.0 Å². The minimum Gasteiger partial charge on any atom is -0.325 e. The topological polar surface area (TPSA) is 63.9 Å². The first-order valence-corrected chi connectivity index (χ1v) is 11.2. The summed E-state index contributed by atoms with van der Waals surface area (Å²) in [5.41, 5.74) is 3.97. The van der Waals surface area contributed by atoms with E-state index in [2.05, 4.69) is 15.1 Å². The van der Waals surface area contributed by atoms with E-state index in [0.29, 0.717) is 28.8 Å². The molecule has 6 rings (SSSR count). The van der Waals surface area contributed by atoms with Crippen molar-refractivity contribution in [1.82, 2.24) is 24.6 Å². The third-order valence-electron chi connectivity index (χ3n) is 6.84. The van der Waals surface area contributed by atoms with Crippen molar-refractivity contribution in [3.63, 3.8) is 0 Å². The molecule has 1 amide bonds. The number of carbonyl (C=O) groups excluding carboxylic acids is 1. The van der Waals surface area contributed by atoms with Gasteiger partial charge in [0, 0.05) is 24.2 Å². The summed E-state index contributed by atoms with van der Waals surface area (Å²) in [6.07, 6.45) is 4.45. The average molecular weight is 463 g/mol. The Kier molecular flexibility index (Phi) is 4.68. The molecule has 0 spiro atoms. The number of halogens is 3. The highest BCUT2D eigenvalue weighted by Crippen LogP contribution is 2.45. The van der Waals surface area contributed by atoms with E-state index in [4.69, 9.17) is 0 Å². The van der Waals surface area contributed by atoms with Crippen LogP contribution in [-0.2, 0) is 13.5 Å². The van der Waals surface area contributed by atoms with Gasteiger partial charge in [0.25, 0.3) is 5.91 Å². The molecular weight excluding hydrogens is 443 g/mol. The summed E-state index contributed by atoms with van der Waals surface area (Å²) in [5, 5.41) is 4.65. The van der Waals surface area contributed by atoms with Crippen molar-refractivity contribution < 1.29 is 18.0 Å². The summed E-state index contributed by atoms with van der Waals surface area (Å²) >= 11 is 0. The van der Waals surface area contributed by atoms with Crippen LogP contribution in [0.5, 0.6) is 0 Å². The fraction of sp³-hybridized carbons (Fsp3) is 0.280. The lowest BCUT2D eigenvalue weighted by Gasteiger charge is -2.45. The predicted molar refractivity (Wildman–Crippen MR) is 118 cm³/mol. The van der Waals surface area contributed by atoms with Crippen molar-refractivity contribution in [2.45, 2.75) is 37.8 Å². The van der Waals surface area contributed by atoms with E-state index in [1.165, 1.54) is 6.20 Å². The highest BCUT2D eigenvalue weighted by atomic mass is 19.2. The lowest BCUT2D eigenvalue weighted by atomic mass is 9.81. The molecule has 2 aromatic heterocycles. The molecule has 0 aliphatic carbocycles. The van der Waals surface area contributed by atoms with Crippen LogP contribution in [0.25, 0.3) is 22.3 Å². The molecule has 0 N–H and O–H groups in total. The lowest BCUT2D eigenvalue weighted by Crippen LogP contribution is -2.50. The van der Waals surface area contributed by atoms with Crippen LogP contribution >= 0.6 is 0 Å². The summed E-state index contributed by atoms with van der Waals surface area (Å²) in [6, 6.07) is 8.98. The number of aromatic nitrogens is 4. The van der Waals surface area contributed by atoms with Gasteiger partial charge in [-0.25, -0.2) is 18.2 Å². The number of rotatable bonds is 2. The molecule has 0 unspecified atom stereocenters. The second-order valence-electron chi connectivity index (χ2n) is 8.85. The third kappa shape index (κ3) is 3.10. The Balaban J connectivity index is 1.42. The molecule has 2 bridgehead atoms. The quantitative estimate of drug-likeness (QED) is 0.403. The minimum absolute atomic E-state index is 0.106. The summed E-state index contributed by atoms with van der Waals surface area (Å²) < 4.78 is 43.1. The molecule has 6 nitrogen and oxygen atoms in total. The van der Waals surface area contributed by atoms with E-state index in [1.54, 1.807) is 11.7 Å². The van der Waals surface area contributed by atoms with Gasteiger partial charge in [-0.05, 0) is 49.9 Å². The van der Waals surface area contributed by atoms with Crippen LogP contribution in [0.15, 0.2) is 42.6 Å². The Labute approximate surface area is 193 Å². The molecule has 34 heavy (non-hydrogen) atoms. The second-order valence-corrected chi connectivity index (χ2v) is 8.85. The SMILES string of the molecule is Cn1nc2c(c1-c1cc(F)c(F)c(F)c1)C[C@@H]1CCC[C@H]2N1C(=O)c1cnc2ccccc2n1. The molecule has 2 aliphatic heterocycles. The maximum atomic E-state index is 14.0. The number of para-hydroxylation sites is 2. The number of fused-ring (bicyclic) bond motifs is 5. The zero-order chi connectivity index (χ0) is 23.6. The number of benzene rings is 2. The van der Waals surface area contributed by atoms with Crippen molar-refractivity contribution in [1.29, 1.82) is 0 Å². The van der Waals surface area contributed by atoms with Gasteiger partial charge in [-0.1, -0.05) is 12.1 Å². The molecule has 0 radical (unpaired) electrons. The van der Waals surface area contributed by atoms with Crippen molar-refractivity contribution in [3.05, 3.63) is 77.0 Å². The van der Waals surface area contributed by atoms with Crippen LogP contribution in [-0.4, -0.2) is 36.6 Å². The van der Waals surface area contributed by atoms with Gasteiger partial charge in [0.1, 0.15) is 5.69 Å². The van der Waals surface area contributed by atoms with E-state index < -0.39 is 17.5 Å². The fourth-order valence-electron chi connectivity index (χ4n) is 5.39. The maximum Gasteiger partial charge on any atom is 0.274 e. The summed E-state index contributed by atoms with van der Waals surface area (Å²) in [5.74, 6) is -4.19. The van der Waals surface area contributed by atoms with Gasteiger partial charge in [0.2, 0.25) is 0 Å². The van der Waals surface area contributed by atoms with Crippen LogP contribution in [0.3, 0.4) is 0 Å². The second kappa shape index (κ2) is 7.65. The normalized spacial score (nSPS) is 19.4. The van der Waals surface area contributed by atoms with Crippen LogP contribution in [0, 0.1) is 17.5 Å². The van der Waals surface area contributed by atoms with Crippen molar-refractivity contribution in [2.75, 3.05) is 0 Å².